The zero-order valence-corrected chi connectivity index (χ0v) is 25.3. The number of rotatable bonds is 11. The van der Waals surface area contributed by atoms with Crippen molar-refractivity contribution in [2.24, 2.45) is 0 Å². The minimum Gasteiger partial charge on any atom is -0.352 e. The van der Waals surface area contributed by atoms with Crippen molar-refractivity contribution >= 4 is 43.5 Å². The second kappa shape index (κ2) is 13.5. The number of anilines is 1. The first-order valence-electron chi connectivity index (χ1n) is 13.5. The maximum absolute atomic E-state index is 14.1. The van der Waals surface area contributed by atoms with Crippen molar-refractivity contribution in [2.45, 2.75) is 57.7 Å². The van der Waals surface area contributed by atoms with Crippen LogP contribution in [0.1, 0.15) is 42.4 Å². The molecular formula is C31H36BrN3O4S. The van der Waals surface area contributed by atoms with Crippen LogP contribution in [0.15, 0.2) is 83.3 Å². The summed E-state index contributed by atoms with van der Waals surface area (Å²) < 4.78 is 27.7. The third kappa shape index (κ3) is 8.17. The Morgan fingerprint density at radius 1 is 0.925 bits per heavy atom. The van der Waals surface area contributed by atoms with Crippen molar-refractivity contribution in [3.8, 4) is 0 Å². The van der Waals surface area contributed by atoms with Crippen LogP contribution in [0.5, 0.6) is 0 Å². The molecule has 1 atom stereocenters. The minimum absolute atomic E-state index is 0.0792. The van der Waals surface area contributed by atoms with Crippen molar-refractivity contribution in [2.75, 3.05) is 17.1 Å². The standard InChI is InChI=1S/C31H36BrN3O4S/c1-23-12-18-28(19-13-23)35(40(2,38)39)22-30(36)34(21-25-14-16-26(32)17-15-25)29(20-24-8-4-3-5-9-24)31(37)33-27-10-6-7-11-27/h3-5,8-9,12-19,27,29H,6-7,10-11,20-22H2,1-2H3,(H,33,37). The van der Waals surface area contributed by atoms with E-state index >= 15 is 0 Å². The number of benzene rings is 3. The SMILES string of the molecule is Cc1ccc(N(CC(=O)N(Cc2ccc(Br)cc2)C(Cc2ccccc2)C(=O)NC2CCCC2)S(C)(=O)=O)cc1. The van der Waals surface area contributed by atoms with E-state index in [2.05, 4.69) is 21.2 Å². The maximum Gasteiger partial charge on any atom is 0.244 e. The van der Waals surface area contributed by atoms with Gasteiger partial charge in [0, 0.05) is 23.5 Å². The molecule has 0 saturated heterocycles. The normalized spacial score (nSPS) is 14.5. The highest BCUT2D eigenvalue weighted by Gasteiger charge is 2.34. The molecule has 9 heteroatoms. The molecular weight excluding hydrogens is 590 g/mol. The first-order chi connectivity index (χ1) is 19.1. The van der Waals surface area contributed by atoms with Gasteiger partial charge in [-0.25, -0.2) is 8.42 Å². The molecule has 1 aliphatic rings. The van der Waals surface area contributed by atoms with E-state index < -0.39 is 28.5 Å². The number of amides is 2. The van der Waals surface area contributed by atoms with Crippen LogP contribution in [0.2, 0.25) is 0 Å². The molecule has 0 aromatic heterocycles. The van der Waals surface area contributed by atoms with E-state index in [4.69, 9.17) is 0 Å². The van der Waals surface area contributed by atoms with Gasteiger partial charge in [-0.1, -0.05) is 88.9 Å². The van der Waals surface area contributed by atoms with Crippen LogP contribution in [-0.4, -0.2) is 50.0 Å². The first-order valence-corrected chi connectivity index (χ1v) is 16.2. The quantitative estimate of drug-likeness (QED) is 0.316. The van der Waals surface area contributed by atoms with E-state index in [1.807, 2.05) is 73.7 Å². The van der Waals surface area contributed by atoms with Crippen molar-refractivity contribution < 1.29 is 18.0 Å². The molecule has 1 aliphatic carbocycles. The molecule has 3 aromatic carbocycles. The van der Waals surface area contributed by atoms with Crippen LogP contribution < -0.4 is 9.62 Å². The van der Waals surface area contributed by atoms with Gasteiger partial charge in [0.1, 0.15) is 12.6 Å². The Bertz CT molecular complexity index is 1390. The highest BCUT2D eigenvalue weighted by Crippen LogP contribution is 2.23. The van der Waals surface area contributed by atoms with Crippen molar-refractivity contribution in [1.82, 2.24) is 10.2 Å². The molecule has 0 heterocycles. The number of halogens is 1. The van der Waals surface area contributed by atoms with Crippen LogP contribution in [0, 0.1) is 6.92 Å². The van der Waals surface area contributed by atoms with E-state index in [1.54, 1.807) is 12.1 Å². The molecule has 1 N–H and O–H groups in total. The van der Waals surface area contributed by atoms with Gasteiger partial charge in [-0.2, -0.15) is 0 Å². The number of nitrogens with one attached hydrogen (secondary N) is 1. The molecule has 0 bridgehead atoms. The van der Waals surface area contributed by atoms with Gasteiger partial charge in [0.2, 0.25) is 21.8 Å². The van der Waals surface area contributed by atoms with Crippen molar-refractivity contribution in [3.63, 3.8) is 0 Å². The van der Waals surface area contributed by atoms with E-state index in [1.165, 1.54) is 4.90 Å². The van der Waals surface area contributed by atoms with Gasteiger partial charge in [-0.3, -0.25) is 13.9 Å². The molecule has 7 nitrogen and oxygen atoms in total. The molecule has 1 saturated carbocycles. The lowest BCUT2D eigenvalue weighted by Gasteiger charge is -2.34. The smallest absolute Gasteiger partial charge is 0.244 e. The Kier molecular flexibility index (Phi) is 10.0. The zero-order chi connectivity index (χ0) is 28.7. The summed E-state index contributed by atoms with van der Waals surface area (Å²) in [4.78, 5) is 29.5. The summed E-state index contributed by atoms with van der Waals surface area (Å²) in [6.07, 6.45) is 5.36. The second-order valence-electron chi connectivity index (χ2n) is 10.4. The number of carbonyl (C=O) groups excluding carboxylic acids is 2. The molecule has 0 aliphatic heterocycles. The summed E-state index contributed by atoms with van der Waals surface area (Å²) in [5.41, 5.74) is 3.14. The van der Waals surface area contributed by atoms with E-state index in [9.17, 15) is 18.0 Å². The average molecular weight is 627 g/mol. The third-order valence-corrected chi connectivity index (χ3v) is 8.91. The number of sulfonamides is 1. The predicted octanol–water partition coefficient (Wildman–Crippen LogP) is 5.22. The fraction of sp³-hybridized carbons (Fsp3) is 0.355. The summed E-state index contributed by atoms with van der Waals surface area (Å²) in [7, 11) is -3.78. The topological polar surface area (TPSA) is 86.8 Å². The fourth-order valence-electron chi connectivity index (χ4n) is 5.03. The van der Waals surface area contributed by atoms with Crippen LogP contribution in [0.4, 0.5) is 5.69 Å². The van der Waals surface area contributed by atoms with E-state index in [-0.39, 0.29) is 18.5 Å². The van der Waals surface area contributed by atoms with Crippen molar-refractivity contribution in [3.05, 3.63) is 100 Å². The van der Waals surface area contributed by atoms with Gasteiger partial charge in [-0.05, 0) is 55.2 Å². The maximum atomic E-state index is 14.1. The number of aryl methyl sites for hydroxylation is 1. The lowest BCUT2D eigenvalue weighted by atomic mass is 10.0. The highest BCUT2D eigenvalue weighted by atomic mass is 79.9. The Hall–Kier alpha value is -3.17. The Morgan fingerprint density at radius 2 is 1.55 bits per heavy atom. The first kappa shape index (κ1) is 29.8. The van der Waals surface area contributed by atoms with Gasteiger partial charge in [0.25, 0.3) is 0 Å². The molecule has 1 fully saturated rings. The van der Waals surface area contributed by atoms with Crippen LogP contribution in [0.3, 0.4) is 0 Å². The summed E-state index contributed by atoms with van der Waals surface area (Å²) in [5.74, 6) is -0.668. The molecule has 1 unspecified atom stereocenters. The molecule has 0 radical (unpaired) electrons. The number of nitrogens with zero attached hydrogens (tertiary/aromatic N) is 2. The number of hydrogen-bond acceptors (Lipinski definition) is 4. The molecule has 40 heavy (non-hydrogen) atoms. The molecule has 212 valence electrons. The zero-order valence-electron chi connectivity index (χ0n) is 22.9. The van der Waals surface area contributed by atoms with Gasteiger partial charge < -0.3 is 10.2 Å². The number of carbonyl (C=O) groups is 2. The Morgan fingerprint density at radius 3 is 2.15 bits per heavy atom. The monoisotopic (exact) mass is 625 g/mol. The molecule has 4 rings (SSSR count). The molecule has 0 spiro atoms. The number of hydrogen-bond donors (Lipinski definition) is 1. The molecule has 2 amide bonds. The summed E-state index contributed by atoms with van der Waals surface area (Å²) in [5, 5.41) is 3.18. The lowest BCUT2D eigenvalue weighted by molar-refractivity contribution is -0.140. The minimum atomic E-state index is -3.78. The van der Waals surface area contributed by atoms with Gasteiger partial charge in [-0.15, -0.1) is 0 Å². The molecule has 3 aromatic rings. The van der Waals surface area contributed by atoms with E-state index in [0.717, 1.165) is 57.4 Å². The van der Waals surface area contributed by atoms with Crippen LogP contribution >= 0.6 is 15.9 Å². The van der Waals surface area contributed by atoms with Crippen LogP contribution in [0.25, 0.3) is 0 Å². The highest BCUT2D eigenvalue weighted by molar-refractivity contribution is 9.10. The van der Waals surface area contributed by atoms with E-state index in [0.29, 0.717) is 12.1 Å². The lowest BCUT2D eigenvalue weighted by Crippen LogP contribution is -2.54. The Balaban J connectivity index is 1.71. The van der Waals surface area contributed by atoms with Gasteiger partial charge in [0.05, 0.1) is 11.9 Å². The summed E-state index contributed by atoms with van der Waals surface area (Å²) in [6, 6.07) is 23.4. The van der Waals surface area contributed by atoms with Gasteiger partial charge >= 0.3 is 0 Å². The predicted molar refractivity (Wildman–Crippen MR) is 162 cm³/mol. The third-order valence-electron chi connectivity index (χ3n) is 7.24. The summed E-state index contributed by atoms with van der Waals surface area (Å²) in [6.45, 7) is 1.66. The summed E-state index contributed by atoms with van der Waals surface area (Å²) >= 11 is 3.45. The fourth-order valence-corrected chi connectivity index (χ4v) is 6.15. The van der Waals surface area contributed by atoms with Crippen LogP contribution in [-0.2, 0) is 32.6 Å². The average Bonchev–Trinajstić information content (AvgIpc) is 3.44. The van der Waals surface area contributed by atoms with Gasteiger partial charge in [0.15, 0.2) is 0 Å². The Labute approximate surface area is 245 Å². The van der Waals surface area contributed by atoms with Crippen molar-refractivity contribution in [1.29, 1.82) is 0 Å². The largest absolute Gasteiger partial charge is 0.352 e. The second-order valence-corrected chi connectivity index (χ2v) is 13.3.